The van der Waals surface area contributed by atoms with Gasteiger partial charge in [0.15, 0.2) is 0 Å². The summed E-state index contributed by atoms with van der Waals surface area (Å²) in [5.74, 6) is -0.132. The summed E-state index contributed by atoms with van der Waals surface area (Å²) in [4.78, 5) is 21.4. The zero-order valence-electron chi connectivity index (χ0n) is 23.7. The van der Waals surface area contributed by atoms with Gasteiger partial charge in [-0.25, -0.2) is 14.0 Å². The Labute approximate surface area is 245 Å². The number of hydrogen-bond acceptors (Lipinski definition) is 7. The highest BCUT2D eigenvalue weighted by Gasteiger charge is 2.36. The smallest absolute Gasteiger partial charge is 0.465 e. The zero-order chi connectivity index (χ0) is 31.1. The van der Waals surface area contributed by atoms with Gasteiger partial charge in [0.2, 0.25) is 0 Å². The molecule has 43 heavy (non-hydrogen) atoms. The number of amides is 2. The summed E-state index contributed by atoms with van der Waals surface area (Å²) in [5, 5.41) is 6.19. The first-order valence-corrected chi connectivity index (χ1v) is 13.9. The van der Waals surface area contributed by atoms with Gasteiger partial charge in [0.05, 0.1) is 31.1 Å². The number of para-hydroxylation sites is 1. The van der Waals surface area contributed by atoms with Gasteiger partial charge in [0, 0.05) is 17.0 Å². The van der Waals surface area contributed by atoms with Gasteiger partial charge in [0.25, 0.3) is 0 Å². The molecule has 2 aliphatic carbocycles. The highest BCUT2D eigenvalue weighted by Crippen LogP contribution is 2.46. The minimum Gasteiger partial charge on any atom is -0.465 e. The van der Waals surface area contributed by atoms with E-state index in [-0.39, 0.29) is 34.6 Å². The number of nitrogens with zero attached hydrogens (tertiary/aromatic N) is 1. The molecular formula is C30H33F4N3O6. The van der Waals surface area contributed by atoms with E-state index >= 15 is 0 Å². The number of alkyl halides is 3. The Hall–Kier alpha value is -4.13. The Kier molecular flexibility index (Phi) is 10.3. The zero-order valence-corrected chi connectivity index (χ0v) is 23.7. The number of ether oxygens (including phenoxy) is 3. The number of nitrogens with two attached hydrogens (primary N) is 1. The summed E-state index contributed by atoms with van der Waals surface area (Å²) in [7, 11) is 1.19. The Bertz CT molecular complexity index is 1420. The van der Waals surface area contributed by atoms with Crippen LogP contribution >= 0.6 is 0 Å². The van der Waals surface area contributed by atoms with Gasteiger partial charge < -0.3 is 29.8 Å². The lowest BCUT2D eigenvalue weighted by molar-refractivity contribution is -0.274. The Morgan fingerprint density at radius 1 is 1.12 bits per heavy atom. The number of anilines is 1. The van der Waals surface area contributed by atoms with Crippen molar-refractivity contribution in [2.24, 2.45) is 11.7 Å². The number of halogens is 4. The first-order chi connectivity index (χ1) is 20.5. The SMILES string of the molecule is CCC1CCCC1OCc1c(-c2ccccc2OC(F)(F)F)noc1C1CC1.COC(=O)c1ccc(NC(N)=O)c(F)c1. The van der Waals surface area contributed by atoms with Crippen molar-refractivity contribution in [1.29, 1.82) is 0 Å². The highest BCUT2D eigenvalue weighted by molar-refractivity contribution is 5.92. The van der Waals surface area contributed by atoms with Crippen LogP contribution in [0, 0.1) is 11.7 Å². The van der Waals surface area contributed by atoms with Gasteiger partial charge >= 0.3 is 18.4 Å². The third-order valence-corrected chi connectivity index (χ3v) is 7.34. The summed E-state index contributed by atoms with van der Waals surface area (Å²) >= 11 is 0. The second kappa shape index (κ2) is 13.9. The average Bonchev–Trinajstić information content (AvgIpc) is 3.55. The van der Waals surface area contributed by atoms with Crippen LogP contribution in [0.1, 0.15) is 73.0 Å². The molecule has 2 fully saturated rings. The summed E-state index contributed by atoms with van der Waals surface area (Å²) < 4.78 is 72.1. The second-order valence-electron chi connectivity index (χ2n) is 10.3. The van der Waals surface area contributed by atoms with E-state index in [4.69, 9.17) is 15.0 Å². The van der Waals surface area contributed by atoms with Gasteiger partial charge in [-0.3, -0.25) is 0 Å². The summed E-state index contributed by atoms with van der Waals surface area (Å²) in [5.41, 5.74) is 6.19. The molecule has 232 valence electrons. The van der Waals surface area contributed by atoms with E-state index in [1.54, 1.807) is 12.1 Å². The number of carbonyl (C=O) groups excluding carboxylic acids is 2. The molecule has 13 heteroatoms. The lowest BCUT2D eigenvalue weighted by Gasteiger charge is -2.19. The fourth-order valence-electron chi connectivity index (χ4n) is 5.09. The standard InChI is InChI=1S/C21H24F3NO3.C9H9FN2O3/c1-2-13-6-5-9-17(13)26-12-16-19(25-28-20(16)14-10-11-14)15-7-3-4-8-18(15)27-21(22,23)24;1-15-8(13)5-2-3-7(6(10)4-5)12-9(11)14/h3-4,7-8,13-14,17H,2,5-6,9-12H2,1H3;2-4H,1H3,(H3,11,12,14). The molecule has 9 nitrogen and oxygen atoms in total. The van der Waals surface area contributed by atoms with E-state index in [1.165, 1.54) is 31.4 Å². The molecule has 2 unspecified atom stereocenters. The topological polar surface area (TPSA) is 126 Å². The maximum absolute atomic E-state index is 13.2. The summed E-state index contributed by atoms with van der Waals surface area (Å²) in [6.45, 7) is 2.46. The second-order valence-corrected chi connectivity index (χ2v) is 10.3. The molecule has 0 bridgehead atoms. The molecule has 3 N–H and O–H groups in total. The molecule has 2 aromatic carbocycles. The van der Waals surface area contributed by atoms with Crippen LogP contribution < -0.4 is 15.8 Å². The number of methoxy groups -OCH3 is 1. The summed E-state index contributed by atoms with van der Waals surface area (Å²) in [6, 6.07) is 8.67. The largest absolute Gasteiger partial charge is 0.573 e. The highest BCUT2D eigenvalue weighted by atomic mass is 19.4. The molecule has 2 amide bonds. The molecule has 2 atom stereocenters. The molecule has 5 rings (SSSR count). The van der Waals surface area contributed by atoms with Gasteiger partial charge in [-0.05, 0) is 61.9 Å². The predicted octanol–water partition coefficient (Wildman–Crippen LogP) is 7.32. The third kappa shape index (κ3) is 8.46. The molecule has 2 aliphatic rings. The number of rotatable bonds is 9. The van der Waals surface area contributed by atoms with Gasteiger partial charge in [0.1, 0.15) is 23.0 Å². The first kappa shape index (κ1) is 31.8. The minimum atomic E-state index is -4.77. The van der Waals surface area contributed by atoms with Crippen LogP contribution in [-0.2, 0) is 16.1 Å². The number of hydrogen-bond donors (Lipinski definition) is 2. The van der Waals surface area contributed by atoms with E-state index in [2.05, 4.69) is 26.9 Å². The average molecular weight is 608 g/mol. The van der Waals surface area contributed by atoms with Crippen molar-refractivity contribution in [3.63, 3.8) is 0 Å². The first-order valence-electron chi connectivity index (χ1n) is 13.9. The fraction of sp³-hybridized carbons (Fsp3) is 0.433. The van der Waals surface area contributed by atoms with Crippen molar-refractivity contribution < 1.29 is 45.9 Å². The molecular weight excluding hydrogens is 574 g/mol. The fourth-order valence-corrected chi connectivity index (χ4v) is 5.09. The van der Waals surface area contributed by atoms with Crippen LogP contribution in [0.3, 0.4) is 0 Å². The van der Waals surface area contributed by atoms with Gasteiger partial charge in [-0.15, -0.1) is 13.2 Å². The maximum Gasteiger partial charge on any atom is 0.573 e. The van der Waals surface area contributed by atoms with E-state index < -0.39 is 24.2 Å². The maximum atomic E-state index is 13.2. The van der Waals surface area contributed by atoms with Crippen LogP contribution in [0.15, 0.2) is 47.0 Å². The molecule has 3 aromatic rings. The van der Waals surface area contributed by atoms with Crippen molar-refractivity contribution in [3.05, 3.63) is 65.2 Å². The number of carbonyl (C=O) groups is 2. The van der Waals surface area contributed by atoms with Crippen LogP contribution in [-0.4, -0.2) is 36.7 Å². The molecule has 0 aliphatic heterocycles. The van der Waals surface area contributed by atoms with Crippen molar-refractivity contribution in [1.82, 2.24) is 5.16 Å². The van der Waals surface area contributed by atoms with Crippen molar-refractivity contribution >= 4 is 17.7 Å². The lowest BCUT2D eigenvalue weighted by atomic mass is 10.0. The summed E-state index contributed by atoms with van der Waals surface area (Å²) in [6.07, 6.45) is 1.82. The molecule has 0 spiro atoms. The number of aromatic nitrogens is 1. The molecule has 0 saturated heterocycles. The molecule has 2 saturated carbocycles. The molecule has 1 aromatic heterocycles. The molecule has 0 radical (unpaired) electrons. The van der Waals surface area contributed by atoms with Crippen LogP contribution in [0.5, 0.6) is 5.75 Å². The Balaban J connectivity index is 0.000000239. The quantitative estimate of drug-likeness (QED) is 0.193. The van der Waals surface area contributed by atoms with Crippen LogP contribution in [0.4, 0.5) is 28.0 Å². The van der Waals surface area contributed by atoms with Crippen molar-refractivity contribution in [3.8, 4) is 17.0 Å². The third-order valence-electron chi connectivity index (χ3n) is 7.34. The monoisotopic (exact) mass is 607 g/mol. The number of nitrogens with one attached hydrogen (secondary N) is 1. The van der Waals surface area contributed by atoms with E-state index in [0.29, 0.717) is 18.2 Å². The Morgan fingerprint density at radius 3 is 2.49 bits per heavy atom. The van der Waals surface area contributed by atoms with Crippen LogP contribution in [0.2, 0.25) is 0 Å². The normalized spacial score (nSPS) is 18.0. The number of benzene rings is 2. The number of primary amides is 1. The van der Waals surface area contributed by atoms with Crippen molar-refractivity contribution in [2.45, 2.75) is 70.4 Å². The van der Waals surface area contributed by atoms with Crippen molar-refractivity contribution in [2.75, 3.05) is 12.4 Å². The van der Waals surface area contributed by atoms with Crippen LogP contribution in [0.25, 0.3) is 11.3 Å². The van der Waals surface area contributed by atoms with E-state index in [9.17, 15) is 27.2 Å². The lowest BCUT2D eigenvalue weighted by Crippen LogP contribution is -2.20. The molecule has 1 heterocycles. The number of urea groups is 1. The predicted molar refractivity (Wildman–Crippen MR) is 148 cm³/mol. The van der Waals surface area contributed by atoms with E-state index in [0.717, 1.165) is 55.9 Å². The minimum absolute atomic E-state index is 0.0602. The van der Waals surface area contributed by atoms with Gasteiger partial charge in [-0.2, -0.15) is 0 Å². The Morgan fingerprint density at radius 2 is 1.86 bits per heavy atom. The van der Waals surface area contributed by atoms with E-state index in [1.807, 2.05) is 0 Å². The number of esters is 1. The van der Waals surface area contributed by atoms with Gasteiger partial charge in [-0.1, -0.05) is 37.1 Å².